The highest BCUT2D eigenvalue weighted by Gasteiger charge is 2.10. The third-order valence-corrected chi connectivity index (χ3v) is 2.90. The maximum absolute atomic E-state index is 10.8. The summed E-state index contributed by atoms with van der Waals surface area (Å²) in [5.41, 5.74) is 1.42. The molecule has 0 saturated heterocycles. The number of aryl methyl sites for hydroxylation is 1. The van der Waals surface area contributed by atoms with Gasteiger partial charge in [0.25, 0.3) is 5.69 Å². The summed E-state index contributed by atoms with van der Waals surface area (Å²) >= 11 is 0. The number of nitro groups is 1. The van der Waals surface area contributed by atoms with Crippen LogP contribution in [-0.2, 0) is 10.8 Å². The molecule has 1 aromatic carbocycles. The molecular weight excluding hydrogens is 228 g/mol. The predicted molar refractivity (Wildman–Crippen MR) is 65.3 cm³/mol. The van der Waals surface area contributed by atoms with Crippen LogP contribution >= 0.6 is 0 Å². The van der Waals surface area contributed by atoms with Crippen LogP contribution in [0.3, 0.4) is 0 Å². The van der Waals surface area contributed by atoms with Crippen molar-refractivity contribution in [2.75, 3.05) is 23.9 Å². The standard InChI is InChI=1S/C10H14N2O3S/c1-8-3-4-9(7-10(8)12(13)14)11-5-6-16(2)15/h3-4,7,11H,5-6H2,1-2H3. The number of hydrogen-bond acceptors (Lipinski definition) is 4. The lowest BCUT2D eigenvalue weighted by Gasteiger charge is -2.05. The second-order valence-electron chi connectivity index (χ2n) is 3.46. The third kappa shape index (κ3) is 3.62. The number of rotatable bonds is 5. The van der Waals surface area contributed by atoms with Gasteiger partial charge in [0, 0.05) is 46.7 Å². The van der Waals surface area contributed by atoms with E-state index in [9.17, 15) is 14.3 Å². The predicted octanol–water partition coefficient (Wildman–Crippen LogP) is 1.69. The van der Waals surface area contributed by atoms with Crippen molar-refractivity contribution in [1.29, 1.82) is 0 Å². The fraction of sp³-hybridized carbons (Fsp3) is 0.400. The van der Waals surface area contributed by atoms with E-state index in [-0.39, 0.29) is 5.69 Å². The molecule has 1 unspecified atom stereocenters. The molecule has 1 N–H and O–H groups in total. The van der Waals surface area contributed by atoms with Crippen molar-refractivity contribution >= 4 is 22.2 Å². The first-order valence-electron chi connectivity index (χ1n) is 4.79. The minimum Gasteiger partial charge on any atom is -0.384 e. The number of nitrogens with one attached hydrogen (secondary N) is 1. The first-order chi connectivity index (χ1) is 7.50. The SMILES string of the molecule is Cc1ccc(NCCS(C)=O)cc1[N+](=O)[O-]. The number of nitrogens with zero attached hydrogens (tertiary/aromatic N) is 1. The lowest BCUT2D eigenvalue weighted by atomic mass is 10.2. The van der Waals surface area contributed by atoms with E-state index in [4.69, 9.17) is 0 Å². The van der Waals surface area contributed by atoms with Gasteiger partial charge in [-0.3, -0.25) is 14.3 Å². The second kappa shape index (κ2) is 5.60. The van der Waals surface area contributed by atoms with Crippen LogP contribution in [0.15, 0.2) is 18.2 Å². The molecule has 1 aromatic rings. The summed E-state index contributed by atoms with van der Waals surface area (Å²) in [7, 11) is -0.854. The minimum absolute atomic E-state index is 0.0996. The summed E-state index contributed by atoms with van der Waals surface area (Å²) in [5.74, 6) is 0.529. The molecule has 0 saturated carbocycles. The monoisotopic (exact) mass is 242 g/mol. The van der Waals surface area contributed by atoms with Gasteiger partial charge in [-0.1, -0.05) is 6.07 Å². The van der Waals surface area contributed by atoms with Crippen LogP contribution in [0.2, 0.25) is 0 Å². The van der Waals surface area contributed by atoms with Crippen molar-refractivity contribution in [2.24, 2.45) is 0 Å². The van der Waals surface area contributed by atoms with Gasteiger partial charge in [-0.2, -0.15) is 0 Å². The number of hydrogen-bond donors (Lipinski definition) is 1. The Kier molecular flexibility index (Phi) is 4.42. The van der Waals surface area contributed by atoms with E-state index in [1.54, 1.807) is 25.3 Å². The topological polar surface area (TPSA) is 72.2 Å². The molecule has 0 fully saturated rings. The van der Waals surface area contributed by atoms with E-state index in [1.807, 2.05) is 0 Å². The van der Waals surface area contributed by atoms with Crippen molar-refractivity contribution in [3.63, 3.8) is 0 Å². The maximum atomic E-state index is 10.8. The minimum atomic E-state index is -0.854. The summed E-state index contributed by atoms with van der Waals surface area (Å²) in [6.07, 6.45) is 1.62. The van der Waals surface area contributed by atoms with Crippen molar-refractivity contribution in [1.82, 2.24) is 0 Å². The van der Waals surface area contributed by atoms with Crippen LogP contribution < -0.4 is 5.32 Å². The Balaban J connectivity index is 2.71. The van der Waals surface area contributed by atoms with Crippen LogP contribution in [0.25, 0.3) is 0 Å². The highest BCUT2D eigenvalue weighted by atomic mass is 32.2. The molecule has 0 bridgehead atoms. The van der Waals surface area contributed by atoms with Crippen LogP contribution in [0.1, 0.15) is 5.56 Å². The van der Waals surface area contributed by atoms with Gasteiger partial charge in [0.05, 0.1) is 4.92 Å². The molecule has 5 nitrogen and oxygen atoms in total. The second-order valence-corrected chi connectivity index (χ2v) is 5.02. The summed E-state index contributed by atoms with van der Waals surface area (Å²) in [5, 5.41) is 13.7. The van der Waals surface area contributed by atoms with Gasteiger partial charge >= 0.3 is 0 Å². The first kappa shape index (κ1) is 12.6. The summed E-state index contributed by atoms with van der Waals surface area (Å²) in [4.78, 5) is 10.3. The zero-order valence-corrected chi connectivity index (χ0v) is 10.0. The van der Waals surface area contributed by atoms with E-state index in [1.165, 1.54) is 6.07 Å². The van der Waals surface area contributed by atoms with Gasteiger partial charge in [-0.25, -0.2) is 0 Å². The van der Waals surface area contributed by atoms with Crippen LogP contribution in [0.5, 0.6) is 0 Å². The first-order valence-corrected chi connectivity index (χ1v) is 6.52. The fourth-order valence-electron chi connectivity index (χ4n) is 1.26. The van der Waals surface area contributed by atoms with E-state index < -0.39 is 15.7 Å². The van der Waals surface area contributed by atoms with Gasteiger partial charge < -0.3 is 5.32 Å². The number of nitro benzene ring substituents is 1. The molecule has 0 radical (unpaired) electrons. The fourth-order valence-corrected chi connectivity index (χ4v) is 1.64. The summed E-state index contributed by atoms with van der Waals surface area (Å²) in [6, 6.07) is 4.97. The van der Waals surface area contributed by atoms with Crippen molar-refractivity contribution in [3.8, 4) is 0 Å². The summed E-state index contributed by atoms with van der Waals surface area (Å²) in [6.45, 7) is 2.24. The Labute approximate surface area is 96.5 Å². The number of anilines is 1. The van der Waals surface area contributed by atoms with Crippen LogP contribution in [-0.4, -0.2) is 27.7 Å². The molecule has 0 aliphatic rings. The molecule has 1 rings (SSSR count). The highest BCUT2D eigenvalue weighted by Crippen LogP contribution is 2.21. The molecule has 0 heterocycles. The Hall–Kier alpha value is -1.43. The van der Waals surface area contributed by atoms with Gasteiger partial charge in [-0.05, 0) is 13.0 Å². The lowest BCUT2D eigenvalue weighted by Crippen LogP contribution is -2.09. The molecule has 0 amide bonds. The van der Waals surface area contributed by atoms with Crippen molar-refractivity contribution in [3.05, 3.63) is 33.9 Å². The smallest absolute Gasteiger partial charge is 0.274 e. The Bertz CT molecular complexity index is 421. The maximum Gasteiger partial charge on any atom is 0.274 e. The van der Waals surface area contributed by atoms with Gasteiger partial charge in [0.2, 0.25) is 0 Å². The summed E-state index contributed by atoms with van der Waals surface area (Å²) < 4.78 is 10.8. The van der Waals surface area contributed by atoms with Gasteiger partial charge in [0.15, 0.2) is 0 Å². The molecule has 6 heteroatoms. The largest absolute Gasteiger partial charge is 0.384 e. The van der Waals surface area contributed by atoms with E-state index in [2.05, 4.69) is 5.32 Å². The zero-order chi connectivity index (χ0) is 12.1. The molecule has 0 spiro atoms. The van der Waals surface area contributed by atoms with E-state index >= 15 is 0 Å². The van der Waals surface area contributed by atoms with Gasteiger partial charge in [-0.15, -0.1) is 0 Å². The molecule has 0 aliphatic heterocycles. The molecule has 88 valence electrons. The van der Waals surface area contributed by atoms with Gasteiger partial charge in [0.1, 0.15) is 0 Å². The quantitative estimate of drug-likeness (QED) is 0.630. The van der Waals surface area contributed by atoms with Crippen LogP contribution in [0.4, 0.5) is 11.4 Å². The third-order valence-electron chi connectivity index (χ3n) is 2.12. The molecule has 0 aliphatic carbocycles. The molecule has 16 heavy (non-hydrogen) atoms. The highest BCUT2D eigenvalue weighted by molar-refractivity contribution is 7.84. The van der Waals surface area contributed by atoms with E-state index in [0.29, 0.717) is 23.5 Å². The Morgan fingerprint density at radius 2 is 2.19 bits per heavy atom. The molecular formula is C10H14N2O3S. The lowest BCUT2D eigenvalue weighted by molar-refractivity contribution is -0.385. The molecule has 1 atom stereocenters. The van der Waals surface area contributed by atoms with Crippen molar-refractivity contribution in [2.45, 2.75) is 6.92 Å². The average molecular weight is 242 g/mol. The Morgan fingerprint density at radius 1 is 1.50 bits per heavy atom. The van der Waals surface area contributed by atoms with E-state index in [0.717, 1.165) is 0 Å². The zero-order valence-electron chi connectivity index (χ0n) is 9.23. The Morgan fingerprint density at radius 3 is 2.75 bits per heavy atom. The van der Waals surface area contributed by atoms with Crippen LogP contribution in [0, 0.1) is 17.0 Å². The molecule has 0 aromatic heterocycles. The normalized spacial score (nSPS) is 12.1. The van der Waals surface area contributed by atoms with Crippen molar-refractivity contribution < 1.29 is 9.13 Å². The number of benzene rings is 1. The average Bonchev–Trinajstić information content (AvgIpc) is 2.19.